The first-order valence-electron chi connectivity index (χ1n) is 8.02. The van der Waals surface area contributed by atoms with Crippen LogP contribution in [0, 0.1) is 5.92 Å². The second-order valence-electron chi connectivity index (χ2n) is 6.10. The molecule has 2 heterocycles. The summed E-state index contributed by atoms with van der Waals surface area (Å²) in [6.45, 7) is 0.754. The molecule has 0 radical (unpaired) electrons. The molecule has 0 bridgehead atoms. The van der Waals surface area contributed by atoms with Gasteiger partial charge >= 0.3 is 0 Å². The smallest absolute Gasteiger partial charge is 0.272 e. The van der Waals surface area contributed by atoms with Crippen molar-refractivity contribution in [1.82, 2.24) is 9.88 Å². The minimum absolute atomic E-state index is 0.0151. The van der Waals surface area contributed by atoms with Crippen LogP contribution in [-0.2, 0) is 4.79 Å². The standard InChI is InChI=1S/C17H22N2O2/c20-16-10-2-1-7-13(16)15-9-4-6-12-19(15)17(21)14-8-3-5-11-18-14/h3,5,8,11,13,15H,1-2,4,6-7,9-10,12H2. The predicted molar refractivity (Wildman–Crippen MR) is 79.9 cm³/mol. The molecule has 1 aliphatic carbocycles. The maximum atomic E-state index is 12.7. The molecule has 0 aromatic carbocycles. The molecular weight excluding hydrogens is 264 g/mol. The van der Waals surface area contributed by atoms with Gasteiger partial charge in [0.25, 0.3) is 5.91 Å². The molecule has 1 aromatic heterocycles. The molecule has 3 rings (SSSR count). The van der Waals surface area contributed by atoms with Crippen LogP contribution in [0.5, 0.6) is 0 Å². The Balaban J connectivity index is 1.81. The fraction of sp³-hybridized carbons (Fsp3) is 0.588. The largest absolute Gasteiger partial charge is 0.334 e. The third-order valence-electron chi connectivity index (χ3n) is 4.76. The maximum Gasteiger partial charge on any atom is 0.272 e. The van der Waals surface area contributed by atoms with Crippen molar-refractivity contribution in [2.75, 3.05) is 6.54 Å². The Hall–Kier alpha value is -1.71. The van der Waals surface area contributed by atoms with Gasteiger partial charge in [0.1, 0.15) is 11.5 Å². The fourth-order valence-corrected chi connectivity index (χ4v) is 3.68. The molecule has 2 unspecified atom stereocenters. The molecule has 1 aliphatic heterocycles. The van der Waals surface area contributed by atoms with Crippen molar-refractivity contribution in [3.05, 3.63) is 30.1 Å². The highest BCUT2D eigenvalue weighted by molar-refractivity contribution is 5.93. The summed E-state index contributed by atoms with van der Waals surface area (Å²) in [5, 5.41) is 0. The van der Waals surface area contributed by atoms with Crippen LogP contribution in [0.1, 0.15) is 55.4 Å². The summed E-state index contributed by atoms with van der Waals surface area (Å²) < 4.78 is 0. The van der Waals surface area contributed by atoms with Gasteiger partial charge in [-0.1, -0.05) is 12.5 Å². The monoisotopic (exact) mass is 286 g/mol. The van der Waals surface area contributed by atoms with Gasteiger partial charge < -0.3 is 4.90 Å². The van der Waals surface area contributed by atoms with Gasteiger partial charge in [0.2, 0.25) is 0 Å². The number of hydrogen-bond donors (Lipinski definition) is 0. The normalized spacial score (nSPS) is 26.7. The molecule has 1 amide bonds. The number of amides is 1. The van der Waals surface area contributed by atoms with Gasteiger partial charge in [0.05, 0.1) is 0 Å². The van der Waals surface area contributed by atoms with E-state index in [1.807, 2.05) is 17.0 Å². The number of piperidine rings is 1. The van der Waals surface area contributed by atoms with Crippen LogP contribution in [0.4, 0.5) is 0 Å². The van der Waals surface area contributed by atoms with Crippen LogP contribution in [0.3, 0.4) is 0 Å². The number of aromatic nitrogens is 1. The average molecular weight is 286 g/mol. The Kier molecular flexibility index (Phi) is 4.32. The number of carbonyl (C=O) groups excluding carboxylic acids is 2. The van der Waals surface area contributed by atoms with E-state index in [0.717, 1.165) is 45.1 Å². The lowest BCUT2D eigenvalue weighted by atomic mass is 9.79. The Labute approximate surface area is 125 Å². The summed E-state index contributed by atoms with van der Waals surface area (Å²) >= 11 is 0. The quantitative estimate of drug-likeness (QED) is 0.840. The van der Waals surface area contributed by atoms with E-state index in [4.69, 9.17) is 0 Å². The number of hydrogen-bond acceptors (Lipinski definition) is 3. The van der Waals surface area contributed by atoms with Gasteiger partial charge in [-0.05, 0) is 44.2 Å². The molecule has 1 aromatic rings. The van der Waals surface area contributed by atoms with E-state index in [2.05, 4.69) is 4.98 Å². The van der Waals surface area contributed by atoms with Crippen LogP contribution < -0.4 is 0 Å². The molecule has 1 saturated heterocycles. The highest BCUT2D eigenvalue weighted by atomic mass is 16.2. The summed E-state index contributed by atoms with van der Waals surface area (Å²) in [5.41, 5.74) is 0.493. The first-order valence-corrected chi connectivity index (χ1v) is 8.02. The average Bonchev–Trinajstić information content (AvgIpc) is 2.55. The van der Waals surface area contributed by atoms with E-state index >= 15 is 0 Å². The predicted octanol–water partition coefficient (Wildman–Crippen LogP) is 2.84. The van der Waals surface area contributed by atoms with E-state index in [1.165, 1.54) is 0 Å². The number of Topliss-reactive ketones (excluding diaryl/α,β-unsaturated/α-hetero) is 1. The van der Waals surface area contributed by atoms with E-state index < -0.39 is 0 Å². The lowest BCUT2D eigenvalue weighted by Crippen LogP contribution is -2.50. The second-order valence-corrected chi connectivity index (χ2v) is 6.10. The Bertz CT molecular complexity index is 515. The Morgan fingerprint density at radius 1 is 1.14 bits per heavy atom. The summed E-state index contributed by atoms with van der Waals surface area (Å²) in [6, 6.07) is 5.50. The minimum atomic E-state index is -0.0151. The zero-order chi connectivity index (χ0) is 14.7. The number of pyridine rings is 1. The molecule has 4 nitrogen and oxygen atoms in total. The molecule has 2 fully saturated rings. The highest BCUT2D eigenvalue weighted by Gasteiger charge is 2.37. The van der Waals surface area contributed by atoms with Crippen molar-refractivity contribution in [2.45, 2.75) is 51.0 Å². The lowest BCUT2D eigenvalue weighted by molar-refractivity contribution is -0.127. The molecule has 1 saturated carbocycles. The molecule has 4 heteroatoms. The number of likely N-dealkylation sites (tertiary alicyclic amines) is 1. The van der Waals surface area contributed by atoms with Crippen molar-refractivity contribution in [2.24, 2.45) is 5.92 Å². The molecule has 2 atom stereocenters. The first kappa shape index (κ1) is 14.2. The van der Waals surface area contributed by atoms with Gasteiger partial charge in [-0.3, -0.25) is 14.6 Å². The van der Waals surface area contributed by atoms with Crippen molar-refractivity contribution in [3.63, 3.8) is 0 Å². The SMILES string of the molecule is O=C1CCCCC1C1CCCCN1C(=O)c1ccccn1. The van der Waals surface area contributed by atoms with E-state index in [0.29, 0.717) is 17.9 Å². The van der Waals surface area contributed by atoms with Crippen LogP contribution >= 0.6 is 0 Å². The highest BCUT2D eigenvalue weighted by Crippen LogP contribution is 2.32. The number of nitrogens with zero attached hydrogens (tertiary/aromatic N) is 2. The minimum Gasteiger partial charge on any atom is -0.334 e. The Morgan fingerprint density at radius 3 is 2.76 bits per heavy atom. The number of rotatable bonds is 2. The fourth-order valence-electron chi connectivity index (χ4n) is 3.68. The lowest BCUT2D eigenvalue weighted by Gasteiger charge is -2.41. The molecule has 21 heavy (non-hydrogen) atoms. The summed E-state index contributed by atoms with van der Waals surface area (Å²) in [5.74, 6) is 0.386. The van der Waals surface area contributed by atoms with Crippen molar-refractivity contribution < 1.29 is 9.59 Å². The molecule has 0 spiro atoms. The summed E-state index contributed by atoms with van der Waals surface area (Å²) in [7, 11) is 0. The number of ketones is 1. The first-order chi connectivity index (χ1) is 10.3. The molecule has 0 N–H and O–H groups in total. The van der Waals surface area contributed by atoms with Gasteiger partial charge in [0.15, 0.2) is 0 Å². The van der Waals surface area contributed by atoms with E-state index in [9.17, 15) is 9.59 Å². The third kappa shape index (κ3) is 2.99. The second kappa shape index (κ2) is 6.37. The zero-order valence-electron chi connectivity index (χ0n) is 12.3. The third-order valence-corrected chi connectivity index (χ3v) is 4.76. The van der Waals surface area contributed by atoms with Crippen LogP contribution in [0.2, 0.25) is 0 Å². The van der Waals surface area contributed by atoms with Crippen LogP contribution in [0.25, 0.3) is 0 Å². The van der Waals surface area contributed by atoms with E-state index in [-0.39, 0.29) is 17.9 Å². The topological polar surface area (TPSA) is 50.3 Å². The van der Waals surface area contributed by atoms with Crippen molar-refractivity contribution >= 4 is 11.7 Å². The van der Waals surface area contributed by atoms with Crippen molar-refractivity contribution in [3.8, 4) is 0 Å². The summed E-state index contributed by atoms with van der Waals surface area (Å²) in [6.07, 6.45) is 8.49. The molecular formula is C17H22N2O2. The maximum absolute atomic E-state index is 12.7. The van der Waals surface area contributed by atoms with Gasteiger partial charge in [-0.25, -0.2) is 0 Å². The summed E-state index contributed by atoms with van der Waals surface area (Å²) in [4.78, 5) is 31.0. The van der Waals surface area contributed by atoms with Crippen LogP contribution in [0.15, 0.2) is 24.4 Å². The Morgan fingerprint density at radius 2 is 2.00 bits per heavy atom. The number of carbonyl (C=O) groups is 2. The van der Waals surface area contributed by atoms with Gasteiger partial charge in [0, 0.05) is 31.1 Å². The molecule has 2 aliphatic rings. The van der Waals surface area contributed by atoms with Gasteiger partial charge in [-0.15, -0.1) is 0 Å². The molecule has 112 valence electrons. The zero-order valence-corrected chi connectivity index (χ0v) is 12.3. The van der Waals surface area contributed by atoms with E-state index in [1.54, 1.807) is 12.3 Å². The van der Waals surface area contributed by atoms with Crippen LogP contribution in [-0.4, -0.2) is 34.2 Å². The van der Waals surface area contributed by atoms with Gasteiger partial charge in [-0.2, -0.15) is 0 Å². The van der Waals surface area contributed by atoms with Crippen molar-refractivity contribution in [1.29, 1.82) is 0 Å².